The van der Waals surface area contributed by atoms with E-state index in [1.807, 2.05) is 19.1 Å². The summed E-state index contributed by atoms with van der Waals surface area (Å²) >= 11 is 5.92. The first kappa shape index (κ1) is 11.5. The van der Waals surface area contributed by atoms with Crippen molar-refractivity contribution in [3.63, 3.8) is 0 Å². The summed E-state index contributed by atoms with van der Waals surface area (Å²) in [6.07, 6.45) is 2.30. The van der Waals surface area contributed by atoms with Crippen LogP contribution in [-0.4, -0.2) is 17.9 Å². The molecule has 1 atom stereocenters. The third kappa shape index (κ3) is 2.20. The van der Waals surface area contributed by atoms with Crippen LogP contribution in [0.2, 0.25) is 5.02 Å². The standard InChI is InChI=1S/C13H14ClN3O/c1-7-6-8(14)2-5-10(7)11-12(18)17-13(16-11)15-9-3-4-9/h2,5-6,9,11H,3-4H2,1H3,(H2,15,16,17,18). The maximum atomic E-state index is 11.9. The molecular formula is C13H14ClN3O. The van der Waals surface area contributed by atoms with Gasteiger partial charge in [-0.05, 0) is 43.0 Å². The molecule has 0 bridgehead atoms. The lowest BCUT2D eigenvalue weighted by atomic mass is 10.0. The molecule has 1 amide bonds. The van der Waals surface area contributed by atoms with Gasteiger partial charge in [0.05, 0.1) is 0 Å². The van der Waals surface area contributed by atoms with Gasteiger partial charge >= 0.3 is 0 Å². The molecule has 18 heavy (non-hydrogen) atoms. The average Bonchev–Trinajstić information content (AvgIpc) is 3.03. The lowest BCUT2D eigenvalue weighted by Gasteiger charge is -2.08. The van der Waals surface area contributed by atoms with Crippen LogP contribution in [0.3, 0.4) is 0 Å². The van der Waals surface area contributed by atoms with Gasteiger partial charge in [-0.1, -0.05) is 17.7 Å². The van der Waals surface area contributed by atoms with E-state index in [0.717, 1.165) is 24.0 Å². The Kier molecular flexibility index (Phi) is 2.74. The summed E-state index contributed by atoms with van der Waals surface area (Å²) in [6.45, 7) is 1.94. The Morgan fingerprint density at radius 2 is 2.22 bits per heavy atom. The highest BCUT2D eigenvalue weighted by molar-refractivity contribution is 6.30. The van der Waals surface area contributed by atoms with Gasteiger partial charge in [0.1, 0.15) is 0 Å². The molecular weight excluding hydrogens is 250 g/mol. The number of rotatable bonds is 2. The smallest absolute Gasteiger partial charge is 0.256 e. The molecule has 1 unspecified atom stereocenters. The Morgan fingerprint density at radius 3 is 2.89 bits per heavy atom. The number of hydrogen-bond donors (Lipinski definition) is 2. The van der Waals surface area contributed by atoms with Crippen molar-refractivity contribution >= 4 is 23.5 Å². The van der Waals surface area contributed by atoms with Crippen LogP contribution in [-0.2, 0) is 4.79 Å². The van der Waals surface area contributed by atoms with Crippen molar-refractivity contribution in [3.8, 4) is 0 Å². The molecule has 0 saturated heterocycles. The number of nitrogens with one attached hydrogen (secondary N) is 2. The maximum absolute atomic E-state index is 11.9. The number of benzene rings is 1. The SMILES string of the molecule is Cc1cc(Cl)ccc1C1N=C(NC2CC2)NC1=O. The molecule has 0 radical (unpaired) electrons. The lowest BCUT2D eigenvalue weighted by molar-refractivity contribution is -0.120. The fraction of sp³-hybridized carbons (Fsp3) is 0.385. The highest BCUT2D eigenvalue weighted by atomic mass is 35.5. The van der Waals surface area contributed by atoms with E-state index in [1.54, 1.807) is 6.07 Å². The molecule has 1 aliphatic heterocycles. The largest absolute Gasteiger partial charge is 0.353 e. The normalized spacial score (nSPS) is 22.7. The van der Waals surface area contributed by atoms with Gasteiger partial charge in [0.25, 0.3) is 5.91 Å². The molecule has 94 valence electrons. The number of guanidine groups is 1. The number of aryl methyl sites for hydroxylation is 1. The molecule has 1 aromatic rings. The van der Waals surface area contributed by atoms with Gasteiger partial charge in [0.15, 0.2) is 12.0 Å². The van der Waals surface area contributed by atoms with Crippen LogP contribution in [0.1, 0.15) is 30.0 Å². The van der Waals surface area contributed by atoms with Crippen molar-refractivity contribution < 1.29 is 4.79 Å². The van der Waals surface area contributed by atoms with Gasteiger partial charge in [-0.3, -0.25) is 10.1 Å². The Morgan fingerprint density at radius 1 is 1.44 bits per heavy atom. The molecule has 0 spiro atoms. The summed E-state index contributed by atoms with van der Waals surface area (Å²) in [7, 11) is 0. The predicted octanol–water partition coefficient (Wildman–Crippen LogP) is 1.93. The Bertz CT molecular complexity index is 537. The van der Waals surface area contributed by atoms with E-state index in [9.17, 15) is 4.79 Å². The van der Waals surface area contributed by atoms with Gasteiger partial charge in [-0.2, -0.15) is 0 Å². The first-order valence-electron chi connectivity index (χ1n) is 6.05. The van der Waals surface area contributed by atoms with E-state index in [-0.39, 0.29) is 5.91 Å². The van der Waals surface area contributed by atoms with Crippen LogP contribution in [0.25, 0.3) is 0 Å². The zero-order chi connectivity index (χ0) is 12.7. The molecule has 4 nitrogen and oxygen atoms in total. The van der Waals surface area contributed by atoms with Crippen LogP contribution in [0, 0.1) is 6.92 Å². The summed E-state index contributed by atoms with van der Waals surface area (Å²) in [4.78, 5) is 16.3. The number of nitrogens with zero attached hydrogens (tertiary/aromatic N) is 1. The number of amides is 1. The zero-order valence-corrected chi connectivity index (χ0v) is 10.8. The molecule has 1 saturated carbocycles. The predicted molar refractivity (Wildman–Crippen MR) is 70.7 cm³/mol. The summed E-state index contributed by atoms with van der Waals surface area (Å²) in [6, 6.07) is 5.54. The van der Waals surface area contributed by atoms with Crippen molar-refractivity contribution in [1.29, 1.82) is 0 Å². The second-order valence-corrected chi connectivity index (χ2v) is 5.23. The fourth-order valence-corrected chi connectivity index (χ4v) is 2.28. The molecule has 1 aliphatic carbocycles. The molecule has 2 aliphatic rings. The summed E-state index contributed by atoms with van der Waals surface area (Å²) in [5.41, 5.74) is 1.89. The molecule has 5 heteroatoms. The van der Waals surface area contributed by atoms with Crippen molar-refractivity contribution in [2.24, 2.45) is 4.99 Å². The van der Waals surface area contributed by atoms with Gasteiger partial charge in [-0.25, -0.2) is 4.99 Å². The van der Waals surface area contributed by atoms with Gasteiger partial charge in [-0.15, -0.1) is 0 Å². The highest BCUT2D eigenvalue weighted by Gasteiger charge is 2.31. The average molecular weight is 264 g/mol. The topological polar surface area (TPSA) is 53.5 Å². The van der Waals surface area contributed by atoms with Crippen LogP contribution in [0.4, 0.5) is 0 Å². The molecule has 1 aromatic carbocycles. The molecule has 1 heterocycles. The Hall–Kier alpha value is -1.55. The van der Waals surface area contributed by atoms with E-state index in [4.69, 9.17) is 11.6 Å². The molecule has 3 rings (SSSR count). The minimum absolute atomic E-state index is 0.0800. The van der Waals surface area contributed by atoms with Crippen LogP contribution in [0.5, 0.6) is 0 Å². The number of hydrogen-bond acceptors (Lipinski definition) is 3. The zero-order valence-electron chi connectivity index (χ0n) is 10.0. The first-order chi connectivity index (χ1) is 8.63. The second kappa shape index (κ2) is 4.28. The Balaban J connectivity index is 1.86. The molecule has 1 fully saturated rings. The van der Waals surface area contributed by atoms with Crippen molar-refractivity contribution in [2.45, 2.75) is 31.8 Å². The molecule has 2 N–H and O–H groups in total. The van der Waals surface area contributed by atoms with E-state index in [1.165, 1.54) is 0 Å². The number of carbonyl (C=O) groups is 1. The van der Waals surface area contributed by atoms with Crippen molar-refractivity contribution in [3.05, 3.63) is 34.3 Å². The minimum Gasteiger partial charge on any atom is -0.353 e. The van der Waals surface area contributed by atoms with Crippen LogP contribution < -0.4 is 10.6 Å². The van der Waals surface area contributed by atoms with E-state index >= 15 is 0 Å². The van der Waals surface area contributed by atoms with Gasteiger partial charge in [0, 0.05) is 11.1 Å². The highest BCUT2D eigenvalue weighted by Crippen LogP contribution is 2.27. The summed E-state index contributed by atoms with van der Waals surface area (Å²) in [5, 5.41) is 6.66. The third-order valence-corrected chi connectivity index (χ3v) is 3.43. The van der Waals surface area contributed by atoms with E-state index in [2.05, 4.69) is 15.6 Å². The van der Waals surface area contributed by atoms with Crippen molar-refractivity contribution in [1.82, 2.24) is 10.6 Å². The maximum Gasteiger partial charge on any atom is 0.256 e. The molecule has 0 aromatic heterocycles. The Labute approximate surface area is 110 Å². The number of carbonyl (C=O) groups excluding carboxylic acids is 1. The summed E-state index contributed by atoms with van der Waals surface area (Å²) in [5.74, 6) is 0.519. The van der Waals surface area contributed by atoms with Gasteiger partial charge in [0.2, 0.25) is 0 Å². The first-order valence-corrected chi connectivity index (χ1v) is 6.42. The minimum atomic E-state index is -0.455. The lowest BCUT2D eigenvalue weighted by Crippen LogP contribution is -2.37. The van der Waals surface area contributed by atoms with E-state index < -0.39 is 6.04 Å². The number of halogens is 1. The van der Waals surface area contributed by atoms with Gasteiger partial charge < -0.3 is 5.32 Å². The number of aliphatic imine (C=N–C) groups is 1. The summed E-state index contributed by atoms with van der Waals surface area (Å²) < 4.78 is 0. The third-order valence-electron chi connectivity index (χ3n) is 3.19. The monoisotopic (exact) mass is 263 g/mol. The van der Waals surface area contributed by atoms with Crippen LogP contribution in [0.15, 0.2) is 23.2 Å². The van der Waals surface area contributed by atoms with Crippen LogP contribution >= 0.6 is 11.6 Å². The second-order valence-electron chi connectivity index (χ2n) is 4.79. The van der Waals surface area contributed by atoms with E-state index in [0.29, 0.717) is 17.0 Å². The quantitative estimate of drug-likeness (QED) is 0.857. The fourth-order valence-electron chi connectivity index (χ4n) is 2.06. The van der Waals surface area contributed by atoms with Crippen molar-refractivity contribution in [2.75, 3.05) is 0 Å².